The summed E-state index contributed by atoms with van der Waals surface area (Å²) in [6.45, 7) is 4.95. The van der Waals surface area contributed by atoms with Crippen LogP contribution in [0.15, 0.2) is 0 Å². The number of rotatable bonds is 5. The van der Waals surface area contributed by atoms with E-state index in [1.165, 1.54) is 51.6 Å². The smallest absolute Gasteiger partial charge is 0.0111 e. The summed E-state index contributed by atoms with van der Waals surface area (Å²) >= 11 is 0. The molecule has 0 saturated heterocycles. The molecule has 2 aliphatic rings. The van der Waals surface area contributed by atoms with Crippen molar-refractivity contribution in [1.82, 2.24) is 10.2 Å². The Balaban J connectivity index is 1.78. The minimum absolute atomic E-state index is 0.783. The molecule has 2 atom stereocenters. The molecule has 2 heteroatoms. The van der Waals surface area contributed by atoms with E-state index >= 15 is 0 Å². The Morgan fingerprint density at radius 2 is 2.00 bits per heavy atom. The van der Waals surface area contributed by atoms with Crippen LogP contribution in [0.25, 0.3) is 0 Å². The van der Waals surface area contributed by atoms with Crippen molar-refractivity contribution >= 4 is 0 Å². The predicted molar refractivity (Wildman–Crippen MR) is 65.1 cm³/mol. The number of hydrogen-bond donors (Lipinski definition) is 1. The highest BCUT2D eigenvalue weighted by atomic mass is 15.2. The summed E-state index contributed by atoms with van der Waals surface area (Å²) < 4.78 is 0. The fourth-order valence-corrected chi connectivity index (χ4v) is 3.09. The zero-order valence-electron chi connectivity index (χ0n) is 10.3. The molecule has 0 radical (unpaired) electrons. The van der Waals surface area contributed by atoms with Gasteiger partial charge in [0.25, 0.3) is 0 Å². The molecule has 1 N–H and O–H groups in total. The van der Waals surface area contributed by atoms with Gasteiger partial charge in [-0.05, 0) is 51.6 Å². The normalized spacial score (nSPS) is 32.2. The zero-order valence-corrected chi connectivity index (χ0v) is 10.3. The minimum atomic E-state index is 0.783. The van der Waals surface area contributed by atoms with Gasteiger partial charge in [-0.25, -0.2) is 0 Å². The summed E-state index contributed by atoms with van der Waals surface area (Å²) in [4.78, 5) is 2.74. The molecule has 2 saturated carbocycles. The maximum atomic E-state index is 3.43. The van der Waals surface area contributed by atoms with Crippen LogP contribution < -0.4 is 5.32 Å². The molecule has 2 unspecified atom stereocenters. The lowest BCUT2D eigenvalue weighted by Gasteiger charge is -2.35. The molecule has 0 bridgehead atoms. The molecule has 0 aromatic heterocycles. The largest absolute Gasteiger partial charge is 0.317 e. The van der Waals surface area contributed by atoms with E-state index in [0.717, 1.165) is 18.0 Å². The first kappa shape index (κ1) is 11.4. The van der Waals surface area contributed by atoms with Crippen molar-refractivity contribution in [3.05, 3.63) is 0 Å². The Hall–Kier alpha value is -0.0800. The maximum absolute atomic E-state index is 3.43. The Morgan fingerprint density at radius 1 is 1.20 bits per heavy atom. The van der Waals surface area contributed by atoms with Gasteiger partial charge in [0.15, 0.2) is 0 Å². The molecule has 0 aliphatic heterocycles. The van der Waals surface area contributed by atoms with Gasteiger partial charge in [-0.15, -0.1) is 0 Å². The van der Waals surface area contributed by atoms with E-state index in [9.17, 15) is 0 Å². The first-order valence-corrected chi connectivity index (χ1v) is 6.74. The molecular weight excluding hydrogens is 184 g/mol. The lowest BCUT2D eigenvalue weighted by Crippen LogP contribution is -2.39. The average molecular weight is 210 g/mol. The van der Waals surface area contributed by atoms with Crippen molar-refractivity contribution in [2.24, 2.45) is 5.92 Å². The van der Waals surface area contributed by atoms with Gasteiger partial charge in [0.1, 0.15) is 0 Å². The van der Waals surface area contributed by atoms with Crippen LogP contribution in [0, 0.1) is 5.92 Å². The monoisotopic (exact) mass is 210 g/mol. The predicted octanol–water partition coefficient (Wildman–Crippen LogP) is 2.25. The zero-order chi connectivity index (χ0) is 10.7. The van der Waals surface area contributed by atoms with Crippen LogP contribution in [0.2, 0.25) is 0 Å². The van der Waals surface area contributed by atoms with E-state index in [4.69, 9.17) is 0 Å². The topological polar surface area (TPSA) is 15.3 Å². The average Bonchev–Trinajstić information content (AvgIpc) is 2.65. The van der Waals surface area contributed by atoms with Crippen molar-refractivity contribution in [2.75, 3.05) is 20.1 Å². The van der Waals surface area contributed by atoms with Gasteiger partial charge in [0.2, 0.25) is 0 Å². The molecule has 88 valence electrons. The highest BCUT2D eigenvalue weighted by molar-refractivity contribution is 4.87. The Bertz CT molecular complexity index is 189. The van der Waals surface area contributed by atoms with E-state index in [-0.39, 0.29) is 0 Å². The van der Waals surface area contributed by atoms with Crippen LogP contribution in [0.3, 0.4) is 0 Å². The highest BCUT2D eigenvalue weighted by Gasteiger charge is 2.30. The summed E-state index contributed by atoms with van der Waals surface area (Å²) in [5.41, 5.74) is 0. The van der Waals surface area contributed by atoms with Gasteiger partial charge in [0.05, 0.1) is 0 Å². The summed E-state index contributed by atoms with van der Waals surface area (Å²) in [5, 5.41) is 3.43. The van der Waals surface area contributed by atoms with Gasteiger partial charge in [0, 0.05) is 18.6 Å². The summed E-state index contributed by atoms with van der Waals surface area (Å²) in [5.74, 6) is 1.03. The third-order valence-electron chi connectivity index (χ3n) is 4.45. The first-order chi connectivity index (χ1) is 7.33. The van der Waals surface area contributed by atoms with Gasteiger partial charge in [-0.2, -0.15) is 0 Å². The van der Waals surface area contributed by atoms with E-state index in [1.54, 1.807) is 0 Å². The lowest BCUT2D eigenvalue weighted by atomic mass is 9.85. The summed E-state index contributed by atoms with van der Waals surface area (Å²) in [6, 6.07) is 1.65. The number of nitrogens with one attached hydrogen (secondary N) is 1. The van der Waals surface area contributed by atoms with E-state index in [2.05, 4.69) is 24.2 Å². The van der Waals surface area contributed by atoms with Gasteiger partial charge < -0.3 is 10.2 Å². The fraction of sp³-hybridized carbons (Fsp3) is 1.00. The van der Waals surface area contributed by atoms with Crippen molar-refractivity contribution in [3.8, 4) is 0 Å². The number of nitrogens with zero attached hydrogens (tertiary/aromatic N) is 1. The van der Waals surface area contributed by atoms with Crippen LogP contribution in [0.4, 0.5) is 0 Å². The minimum Gasteiger partial charge on any atom is -0.317 e. The van der Waals surface area contributed by atoms with Crippen LogP contribution in [0.1, 0.15) is 45.4 Å². The molecule has 0 spiro atoms. The molecule has 0 amide bonds. The highest BCUT2D eigenvalue weighted by Crippen LogP contribution is 2.30. The molecule has 2 nitrogen and oxygen atoms in total. The molecule has 15 heavy (non-hydrogen) atoms. The second-order valence-electron chi connectivity index (χ2n) is 5.34. The molecule has 2 rings (SSSR count). The molecule has 0 heterocycles. The molecule has 2 fully saturated rings. The third kappa shape index (κ3) is 2.73. The Labute approximate surface area is 94.4 Å². The molecular formula is C13H26N2. The van der Waals surface area contributed by atoms with Gasteiger partial charge >= 0.3 is 0 Å². The second-order valence-corrected chi connectivity index (χ2v) is 5.34. The van der Waals surface area contributed by atoms with E-state index in [0.29, 0.717) is 0 Å². The van der Waals surface area contributed by atoms with Crippen molar-refractivity contribution in [3.63, 3.8) is 0 Å². The van der Waals surface area contributed by atoms with Crippen LogP contribution in [-0.2, 0) is 0 Å². The SMILES string of the molecule is CCN(CC1CCC1)C1CCC(NC)C1. The fourth-order valence-electron chi connectivity index (χ4n) is 3.09. The van der Waals surface area contributed by atoms with E-state index < -0.39 is 0 Å². The van der Waals surface area contributed by atoms with Crippen LogP contribution >= 0.6 is 0 Å². The quantitative estimate of drug-likeness (QED) is 0.749. The van der Waals surface area contributed by atoms with Crippen LogP contribution in [-0.4, -0.2) is 37.1 Å². The van der Waals surface area contributed by atoms with Crippen molar-refractivity contribution in [2.45, 2.75) is 57.5 Å². The van der Waals surface area contributed by atoms with Gasteiger partial charge in [-0.1, -0.05) is 13.3 Å². The second kappa shape index (κ2) is 5.31. The van der Waals surface area contributed by atoms with Crippen molar-refractivity contribution in [1.29, 1.82) is 0 Å². The third-order valence-corrected chi connectivity index (χ3v) is 4.45. The maximum Gasteiger partial charge on any atom is 0.0111 e. The van der Waals surface area contributed by atoms with E-state index in [1.807, 2.05) is 0 Å². The Kier molecular flexibility index (Phi) is 4.04. The standard InChI is InChI=1S/C13H26N2/c1-3-15(10-11-5-4-6-11)13-8-7-12(9-13)14-2/h11-14H,3-10H2,1-2H3. The molecule has 0 aromatic carbocycles. The molecule has 0 aromatic rings. The first-order valence-electron chi connectivity index (χ1n) is 6.74. The Morgan fingerprint density at radius 3 is 2.47 bits per heavy atom. The summed E-state index contributed by atoms with van der Waals surface area (Å²) in [6.07, 6.45) is 8.61. The lowest BCUT2D eigenvalue weighted by molar-refractivity contribution is 0.139. The van der Waals surface area contributed by atoms with Crippen molar-refractivity contribution < 1.29 is 0 Å². The van der Waals surface area contributed by atoms with Gasteiger partial charge in [-0.3, -0.25) is 0 Å². The number of hydrogen-bond acceptors (Lipinski definition) is 2. The molecule has 2 aliphatic carbocycles. The summed E-state index contributed by atoms with van der Waals surface area (Å²) in [7, 11) is 2.11. The van der Waals surface area contributed by atoms with Crippen LogP contribution in [0.5, 0.6) is 0 Å².